The minimum atomic E-state index is -2.67. The summed E-state index contributed by atoms with van der Waals surface area (Å²) in [6.07, 6.45) is 3.34. The molecule has 4 fully saturated rings. The average Bonchev–Trinajstić information content (AvgIpc) is 3.54. The van der Waals surface area contributed by atoms with E-state index >= 15 is 8.78 Å². The van der Waals surface area contributed by atoms with Gasteiger partial charge in [-0.25, -0.2) is 26.9 Å². The van der Waals surface area contributed by atoms with Crippen LogP contribution >= 0.6 is 23.2 Å². The fraction of sp³-hybridized carbons (Fsp3) is 0.366. The Morgan fingerprint density at radius 3 is 2.18 bits per heavy atom. The lowest BCUT2D eigenvalue weighted by atomic mass is 9.56. The summed E-state index contributed by atoms with van der Waals surface area (Å²) in [5, 5.41) is 10.3. The molecule has 4 aliphatic heterocycles. The molecule has 0 radical (unpaired) electrons. The number of phenols is 1. The van der Waals surface area contributed by atoms with E-state index in [-0.39, 0.29) is 29.1 Å². The Bertz CT molecular complexity index is 2330. The summed E-state index contributed by atoms with van der Waals surface area (Å²) >= 11 is 14.5. The van der Waals surface area contributed by atoms with Gasteiger partial charge in [0.25, 0.3) is 11.8 Å². The normalized spacial score (nSPS) is 30.1. The highest BCUT2D eigenvalue weighted by Crippen LogP contribution is 2.65. The maximum Gasteiger partial charge on any atom is 0.258 e. The first kappa shape index (κ1) is 37.8. The molecule has 16 heteroatoms. The number of amides is 4. The van der Waals surface area contributed by atoms with Crippen molar-refractivity contribution in [2.75, 3.05) is 18.0 Å². The standard InChI is InChI=1S/C41H32Cl2F5N3O6/c42-40-16-26-24(7-8-25-28(26)37(54)50(36(25)53)22-10-12-49(13-11-22)17-19-4-2-1-3-5-19)29(21-14-20-15-23(52)6-9-27(20)57-18-21)41(40,43)39(56)51(38(40)55)35-33(47)31(45)30(44)32(46)34(35)48/h1-7,9,15,18,22,25-26,28-29,52H,8,10-14,16-17H2. The molecule has 0 bridgehead atoms. The van der Waals surface area contributed by atoms with E-state index in [2.05, 4.69) is 4.90 Å². The number of anilines is 1. The van der Waals surface area contributed by atoms with Crippen LogP contribution in [0.2, 0.25) is 0 Å². The quantitative estimate of drug-likeness (QED) is 0.0766. The van der Waals surface area contributed by atoms with Gasteiger partial charge >= 0.3 is 0 Å². The van der Waals surface area contributed by atoms with Crippen LogP contribution in [-0.4, -0.2) is 67.4 Å². The van der Waals surface area contributed by atoms with Crippen molar-refractivity contribution in [1.82, 2.24) is 9.80 Å². The molecule has 0 spiro atoms. The Morgan fingerprint density at radius 2 is 1.49 bits per heavy atom. The zero-order valence-electron chi connectivity index (χ0n) is 29.8. The molecule has 296 valence electrons. The Hall–Kier alpha value is -4.79. The second-order valence-corrected chi connectivity index (χ2v) is 16.8. The van der Waals surface area contributed by atoms with E-state index in [0.29, 0.717) is 49.4 Å². The summed E-state index contributed by atoms with van der Waals surface area (Å²) in [6.45, 7) is 1.94. The lowest BCUT2D eigenvalue weighted by Crippen LogP contribution is -2.61. The van der Waals surface area contributed by atoms with Crippen molar-refractivity contribution in [2.24, 2.45) is 23.7 Å². The number of hydrogen-bond acceptors (Lipinski definition) is 7. The monoisotopic (exact) mass is 827 g/mol. The largest absolute Gasteiger partial charge is 0.508 e. The van der Waals surface area contributed by atoms with E-state index in [0.717, 1.165) is 5.56 Å². The van der Waals surface area contributed by atoms with Crippen molar-refractivity contribution >= 4 is 52.5 Å². The molecule has 3 saturated heterocycles. The number of benzene rings is 3. The molecule has 6 atom stereocenters. The molecule has 4 amide bonds. The molecule has 9 nitrogen and oxygen atoms in total. The second-order valence-electron chi connectivity index (χ2n) is 15.5. The van der Waals surface area contributed by atoms with Crippen LogP contribution in [0.15, 0.2) is 72.0 Å². The van der Waals surface area contributed by atoms with Crippen LogP contribution in [0.25, 0.3) is 0 Å². The zero-order valence-corrected chi connectivity index (χ0v) is 31.3. The number of carbonyl (C=O) groups is 4. The first-order valence-corrected chi connectivity index (χ1v) is 19.2. The van der Waals surface area contributed by atoms with E-state index in [4.69, 9.17) is 27.9 Å². The van der Waals surface area contributed by atoms with Crippen molar-refractivity contribution < 1.29 is 51.0 Å². The van der Waals surface area contributed by atoms with E-state index in [9.17, 15) is 37.5 Å². The number of carbonyl (C=O) groups excluding carboxylic acids is 4. The lowest BCUT2D eigenvalue weighted by molar-refractivity contribution is -0.144. The van der Waals surface area contributed by atoms with Crippen molar-refractivity contribution in [3.8, 4) is 11.5 Å². The van der Waals surface area contributed by atoms with Crippen LogP contribution in [0.3, 0.4) is 0 Å². The summed E-state index contributed by atoms with van der Waals surface area (Å²) in [6, 6.07) is 13.7. The molecule has 4 heterocycles. The third kappa shape index (κ3) is 5.35. The smallest absolute Gasteiger partial charge is 0.258 e. The maximum atomic E-state index is 15.4. The molecular formula is C41H32Cl2F5N3O6. The van der Waals surface area contributed by atoms with Gasteiger partial charge in [0.15, 0.2) is 33.0 Å². The summed E-state index contributed by atoms with van der Waals surface area (Å²) in [5.41, 5.74) is 0.258. The van der Waals surface area contributed by atoms with Gasteiger partial charge in [-0.15, -0.1) is 23.2 Å². The Kier molecular flexibility index (Phi) is 8.87. The number of aromatic hydroxyl groups is 1. The number of phenolic OH excluding ortho intramolecular Hbond substituents is 1. The molecule has 57 heavy (non-hydrogen) atoms. The number of ether oxygens (including phenoxy) is 1. The fourth-order valence-electron chi connectivity index (χ4n) is 9.94. The molecule has 0 aromatic heterocycles. The van der Waals surface area contributed by atoms with Crippen LogP contribution in [0, 0.1) is 52.8 Å². The fourth-order valence-corrected chi connectivity index (χ4v) is 10.9. The maximum absolute atomic E-state index is 15.4. The highest BCUT2D eigenvalue weighted by Gasteiger charge is 2.77. The van der Waals surface area contributed by atoms with Crippen molar-refractivity contribution in [3.05, 3.63) is 112 Å². The van der Waals surface area contributed by atoms with Gasteiger partial charge in [0, 0.05) is 43.6 Å². The van der Waals surface area contributed by atoms with Gasteiger partial charge in [0.1, 0.15) is 17.2 Å². The Balaban J connectivity index is 1.10. The molecule has 9 rings (SSSR count). The molecule has 1 saturated carbocycles. The second kappa shape index (κ2) is 13.4. The molecule has 3 aromatic rings. The van der Waals surface area contributed by atoms with Crippen LogP contribution < -0.4 is 9.64 Å². The van der Waals surface area contributed by atoms with E-state index in [1.165, 1.54) is 29.4 Å². The summed E-state index contributed by atoms with van der Waals surface area (Å²) < 4.78 is 80.0. The highest BCUT2D eigenvalue weighted by molar-refractivity contribution is 6.58. The number of likely N-dealkylation sites (tertiary alicyclic amines) is 2. The van der Waals surface area contributed by atoms with Gasteiger partial charge in [-0.3, -0.25) is 29.0 Å². The topological polar surface area (TPSA) is 107 Å². The van der Waals surface area contributed by atoms with Gasteiger partial charge in [-0.1, -0.05) is 42.0 Å². The Morgan fingerprint density at radius 1 is 0.825 bits per heavy atom. The summed E-state index contributed by atoms with van der Waals surface area (Å²) in [5.74, 6) is -20.4. The number of rotatable bonds is 5. The molecule has 6 unspecified atom stereocenters. The zero-order chi connectivity index (χ0) is 40.3. The number of allylic oxidation sites excluding steroid dienone is 3. The predicted octanol–water partition coefficient (Wildman–Crippen LogP) is 6.67. The van der Waals surface area contributed by atoms with Gasteiger partial charge in [-0.05, 0) is 60.9 Å². The first-order valence-electron chi connectivity index (χ1n) is 18.5. The van der Waals surface area contributed by atoms with Crippen LogP contribution in [-0.2, 0) is 32.1 Å². The van der Waals surface area contributed by atoms with Gasteiger partial charge in [0.2, 0.25) is 17.6 Å². The molecule has 3 aromatic carbocycles. The van der Waals surface area contributed by atoms with Gasteiger partial charge < -0.3 is 9.84 Å². The predicted molar refractivity (Wildman–Crippen MR) is 194 cm³/mol. The van der Waals surface area contributed by atoms with E-state index < -0.39 is 104 Å². The van der Waals surface area contributed by atoms with Crippen LogP contribution in [0.1, 0.15) is 36.8 Å². The number of halogens is 7. The highest BCUT2D eigenvalue weighted by atomic mass is 35.5. The van der Waals surface area contributed by atoms with E-state index in [1.807, 2.05) is 30.3 Å². The number of nitrogens with zero attached hydrogens (tertiary/aromatic N) is 3. The number of imide groups is 2. The number of piperidine rings is 1. The molecule has 6 aliphatic rings. The van der Waals surface area contributed by atoms with Crippen LogP contribution in [0.4, 0.5) is 27.6 Å². The number of hydrogen-bond donors (Lipinski definition) is 1. The summed E-state index contributed by atoms with van der Waals surface area (Å²) in [4.78, 5) is 55.9. The summed E-state index contributed by atoms with van der Waals surface area (Å²) in [7, 11) is 0. The molecular weight excluding hydrogens is 796 g/mol. The minimum Gasteiger partial charge on any atom is -0.508 e. The van der Waals surface area contributed by atoms with Crippen molar-refractivity contribution in [3.63, 3.8) is 0 Å². The Labute approximate surface area is 332 Å². The van der Waals surface area contributed by atoms with Gasteiger partial charge in [-0.2, -0.15) is 0 Å². The first-order chi connectivity index (χ1) is 27.2. The van der Waals surface area contributed by atoms with E-state index in [1.54, 1.807) is 6.08 Å². The number of fused-ring (bicyclic) bond motifs is 5. The average molecular weight is 829 g/mol. The van der Waals surface area contributed by atoms with Crippen molar-refractivity contribution in [2.45, 2.75) is 54.4 Å². The minimum absolute atomic E-state index is 0.0399. The lowest BCUT2D eigenvalue weighted by Gasteiger charge is -2.51. The third-order valence-corrected chi connectivity index (χ3v) is 14.0. The number of alkyl halides is 2. The molecule has 2 aliphatic carbocycles. The van der Waals surface area contributed by atoms with Crippen molar-refractivity contribution in [1.29, 1.82) is 0 Å². The van der Waals surface area contributed by atoms with Gasteiger partial charge in [0.05, 0.1) is 18.1 Å². The van der Waals surface area contributed by atoms with Crippen LogP contribution in [0.5, 0.6) is 11.5 Å². The molecule has 1 N–H and O–H groups in total. The SMILES string of the molecule is O=C1C2CC=C3C(CC4(Cl)C(=O)N(c5c(F)c(F)c(F)c(F)c5F)C(=O)C4(Cl)C3C3=COc4ccc(O)cc4C3)C2C(=O)N1C1CCN(Cc2ccccc2)CC1. The third-order valence-electron chi connectivity index (χ3n) is 12.6.